The number of carbonyl (C=O) groups is 1. The zero-order valence-electron chi connectivity index (χ0n) is 17.6. The minimum absolute atomic E-state index is 0.0253. The molecule has 2 aromatic heterocycles. The Morgan fingerprint density at radius 3 is 2.56 bits per heavy atom. The van der Waals surface area contributed by atoms with E-state index in [2.05, 4.69) is 20.8 Å². The fourth-order valence-electron chi connectivity index (χ4n) is 3.58. The minimum Gasteiger partial charge on any atom is -0.365 e. The van der Waals surface area contributed by atoms with Gasteiger partial charge in [0.05, 0.1) is 16.5 Å². The Morgan fingerprint density at radius 2 is 1.94 bits per heavy atom. The maximum Gasteiger partial charge on any atom is 0.263 e. The highest BCUT2D eigenvalue weighted by Gasteiger charge is 2.52. The molecule has 2 N–H and O–H groups in total. The van der Waals surface area contributed by atoms with E-state index >= 15 is 0 Å². The molecule has 4 rings (SSSR count). The summed E-state index contributed by atoms with van der Waals surface area (Å²) >= 11 is 5.87. The van der Waals surface area contributed by atoms with Gasteiger partial charge in [0.2, 0.25) is 0 Å². The molecule has 1 aliphatic rings. The van der Waals surface area contributed by atoms with Crippen LogP contribution in [0, 0.1) is 0 Å². The van der Waals surface area contributed by atoms with Crippen LogP contribution < -0.4 is 16.2 Å². The summed E-state index contributed by atoms with van der Waals surface area (Å²) < 4.78 is 24.6. The zero-order valence-corrected chi connectivity index (χ0v) is 19.1. The third-order valence-electron chi connectivity index (χ3n) is 5.81. The van der Waals surface area contributed by atoms with E-state index in [0.29, 0.717) is 34.6 Å². The van der Waals surface area contributed by atoms with E-state index in [-0.39, 0.29) is 18.7 Å². The summed E-state index contributed by atoms with van der Waals surface area (Å²) in [4.78, 5) is 25.6. The van der Waals surface area contributed by atoms with Crippen molar-refractivity contribution in [2.45, 2.75) is 24.1 Å². The van der Waals surface area contributed by atoms with Crippen LogP contribution >= 0.6 is 11.6 Å². The van der Waals surface area contributed by atoms with Crippen molar-refractivity contribution in [3.8, 4) is 0 Å². The molecule has 1 amide bonds. The lowest BCUT2D eigenvalue weighted by molar-refractivity contribution is 0.0949. The average molecular weight is 476 g/mol. The molecule has 168 valence electrons. The highest BCUT2D eigenvalue weighted by Crippen LogP contribution is 2.43. The Hall–Kier alpha value is -2.98. The van der Waals surface area contributed by atoms with E-state index in [1.54, 1.807) is 24.3 Å². The van der Waals surface area contributed by atoms with Crippen molar-refractivity contribution >= 4 is 44.1 Å². The molecular weight excluding hydrogens is 454 g/mol. The average Bonchev–Trinajstić information content (AvgIpc) is 3.55. The summed E-state index contributed by atoms with van der Waals surface area (Å²) in [7, 11) is -1.68. The fourth-order valence-corrected chi connectivity index (χ4v) is 4.88. The second kappa shape index (κ2) is 8.18. The SMILES string of the molecule is Cn1c(=O)c(C(=O)NCc2ccc(Cl)cc2)cc2cnnc(NCC3(S(C)(=O)=O)CC3)c21. The molecule has 1 saturated carbocycles. The van der Waals surface area contributed by atoms with Crippen molar-refractivity contribution in [3.05, 3.63) is 63.0 Å². The molecule has 0 radical (unpaired) electrons. The first-order chi connectivity index (χ1) is 15.1. The lowest BCUT2D eigenvalue weighted by atomic mass is 10.1. The Balaban J connectivity index is 1.60. The topological polar surface area (TPSA) is 123 Å². The number of sulfone groups is 1. The molecule has 0 atom stereocenters. The molecule has 1 aliphatic carbocycles. The maximum absolute atomic E-state index is 12.9. The van der Waals surface area contributed by atoms with Crippen molar-refractivity contribution in [1.82, 2.24) is 20.1 Å². The van der Waals surface area contributed by atoms with Crippen LogP contribution in [0.5, 0.6) is 0 Å². The summed E-state index contributed by atoms with van der Waals surface area (Å²) in [5.74, 6) is -0.215. The summed E-state index contributed by atoms with van der Waals surface area (Å²) in [5.41, 5.74) is 0.773. The largest absolute Gasteiger partial charge is 0.365 e. The number of halogens is 1. The summed E-state index contributed by atoms with van der Waals surface area (Å²) in [6, 6.07) is 8.50. The van der Waals surface area contributed by atoms with Gasteiger partial charge in [-0.3, -0.25) is 9.59 Å². The number of aryl methyl sites for hydroxylation is 1. The molecule has 0 aliphatic heterocycles. The van der Waals surface area contributed by atoms with Crippen molar-refractivity contribution in [2.75, 3.05) is 18.1 Å². The van der Waals surface area contributed by atoms with Crippen LogP contribution in [-0.2, 0) is 23.4 Å². The van der Waals surface area contributed by atoms with Gasteiger partial charge in [0, 0.05) is 36.8 Å². The molecule has 0 unspecified atom stereocenters. The Morgan fingerprint density at radius 1 is 1.25 bits per heavy atom. The van der Waals surface area contributed by atoms with Gasteiger partial charge in [-0.15, -0.1) is 5.10 Å². The van der Waals surface area contributed by atoms with E-state index in [4.69, 9.17) is 11.6 Å². The fraction of sp³-hybridized carbons (Fsp3) is 0.333. The van der Waals surface area contributed by atoms with Gasteiger partial charge in [-0.1, -0.05) is 23.7 Å². The molecule has 0 bridgehead atoms. The number of anilines is 1. The van der Waals surface area contributed by atoms with E-state index in [0.717, 1.165) is 5.56 Å². The normalized spacial score (nSPS) is 14.8. The van der Waals surface area contributed by atoms with Gasteiger partial charge in [-0.2, -0.15) is 5.10 Å². The Bertz CT molecular complexity index is 1370. The second-order valence-corrected chi connectivity index (χ2v) is 10.9. The smallest absolute Gasteiger partial charge is 0.263 e. The van der Waals surface area contributed by atoms with E-state index in [9.17, 15) is 18.0 Å². The number of aromatic nitrogens is 3. The predicted octanol–water partition coefficient (Wildman–Crippen LogP) is 1.90. The molecule has 2 heterocycles. The van der Waals surface area contributed by atoms with Crippen LogP contribution in [0.25, 0.3) is 10.9 Å². The Kier molecular flexibility index (Phi) is 5.68. The number of carbonyl (C=O) groups excluding carboxylic acids is 1. The van der Waals surface area contributed by atoms with Gasteiger partial charge < -0.3 is 15.2 Å². The van der Waals surface area contributed by atoms with Crippen LogP contribution in [0.3, 0.4) is 0 Å². The molecule has 3 aromatic rings. The first-order valence-corrected chi connectivity index (χ1v) is 12.2. The minimum atomic E-state index is -3.22. The van der Waals surface area contributed by atoms with E-state index < -0.39 is 26.1 Å². The summed E-state index contributed by atoms with van der Waals surface area (Å²) in [6.45, 7) is 0.420. The van der Waals surface area contributed by atoms with Crippen LogP contribution in [0.4, 0.5) is 5.82 Å². The molecule has 9 nitrogen and oxygen atoms in total. The highest BCUT2D eigenvalue weighted by atomic mass is 35.5. The van der Waals surface area contributed by atoms with Crippen molar-refractivity contribution in [3.63, 3.8) is 0 Å². The lowest BCUT2D eigenvalue weighted by Crippen LogP contribution is -2.33. The monoisotopic (exact) mass is 475 g/mol. The molecule has 0 spiro atoms. The third kappa shape index (κ3) is 4.20. The number of amides is 1. The first-order valence-electron chi connectivity index (χ1n) is 9.93. The lowest BCUT2D eigenvalue weighted by Gasteiger charge is -2.16. The number of pyridine rings is 1. The second-order valence-electron chi connectivity index (χ2n) is 8.04. The molecule has 1 fully saturated rings. The zero-order chi connectivity index (χ0) is 23.1. The van der Waals surface area contributed by atoms with E-state index in [1.807, 2.05) is 0 Å². The number of fused-ring (bicyclic) bond motifs is 1. The van der Waals surface area contributed by atoms with Crippen molar-refractivity contribution in [1.29, 1.82) is 0 Å². The maximum atomic E-state index is 12.9. The van der Waals surface area contributed by atoms with Crippen LogP contribution in [0.2, 0.25) is 5.02 Å². The highest BCUT2D eigenvalue weighted by molar-refractivity contribution is 7.92. The number of nitrogens with zero attached hydrogens (tertiary/aromatic N) is 3. The van der Waals surface area contributed by atoms with Gasteiger partial charge in [0.25, 0.3) is 11.5 Å². The van der Waals surface area contributed by atoms with Gasteiger partial charge in [-0.05, 0) is 36.6 Å². The number of benzene rings is 1. The van der Waals surface area contributed by atoms with E-state index in [1.165, 1.54) is 30.1 Å². The standard InChI is InChI=1S/C21H22ClN5O4S/c1-27-17-14(11-25-26-18(17)24-12-21(7-8-21)32(2,30)31)9-16(20(27)29)19(28)23-10-13-3-5-15(22)6-4-13/h3-6,9,11H,7-8,10,12H2,1-2H3,(H,23,28)(H,24,26). The number of hydrogen-bond acceptors (Lipinski definition) is 7. The van der Waals surface area contributed by atoms with Gasteiger partial charge >= 0.3 is 0 Å². The van der Waals surface area contributed by atoms with Gasteiger partial charge in [0.15, 0.2) is 15.7 Å². The summed E-state index contributed by atoms with van der Waals surface area (Å²) in [6.07, 6.45) is 3.84. The van der Waals surface area contributed by atoms with Crippen molar-refractivity contribution in [2.24, 2.45) is 7.05 Å². The number of rotatable bonds is 7. The first kappa shape index (κ1) is 22.2. The number of nitrogens with one attached hydrogen (secondary N) is 2. The molecule has 32 heavy (non-hydrogen) atoms. The van der Waals surface area contributed by atoms with Gasteiger partial charge in [0.1, 0.15) is 5.56 Å². The van der Waals surface area contributed by atoms with Crippen molar-refractivity contribution < 1.29 is 13.2 Å². The van der Waals surface area contributed by atoms with Crippen LogP contribution in [-0.4, -0.2) is 46.6 Å². The molecule has 0 saturated heterocycles. The van der Waals surface area contributed by atoms with Crippen LogP contribution in [0.15, 0.2) is 41.3 Å². The summed E-state index contributed by atoms with van der Waals surface area (Å²) in [5, 5.41) is 14.9. The molecule has 11 heteroatoms. The van der Waals surface area contributed by atoms with Crippen LogP contribution in [0.1, 0.15) is 28.8 Å². The predicted molar refractivity (Wildman–Crippen MR) is 123 cm³/mol. The van der Waals surface area contributed by atoms with Gasteiger partial charge in [-0.25, -0.2) is 8.42 Å². The molecule has 1 aromatic carbocycles. The Labute approximate surface area is 189 Å². The quantitative estimate of drug-likeness (QED) is 0.535. The molecular formula is C21H22ClN5O4S. The third-order valence-corrected chi connectivity index (χ3v) is 8.18. The number of hydrogen-bond donors (Lipinski definition) is 2.